The van der Waals surface area contributed by atoms with Crippen LogP contribution in [0.25, 0.3) is 181 Å². The Kier molecular flexibility index (Phi) is 13.2. The molecule has 2 N–H and O–H groups in total. The van der Waals surface area contributed by atoms with Crippen molar-refractivity contribution in [1.29, 1.82) is 0 Å². The number of fused-ring (bicyclic) bond motifs is 28. The number of nitrogens with one attached hydrogen (secondary N) is 2. The van der Waals surface area contributed by atoms with Gasteiger partial charge in [0, 0.05) is 89.2 Å². The summed E-state index contributed by atoms with van der Waals surface area (Å²) in [6.45, 7) is 2.12. The molecule has 12 nitrogen and oxygen atoms in total. The van der Waals surface area contributed by atoms with Crippen molar-refractivity contribution in [2.75, 3.05) is 0 Å². The SMILES string of the molecule is Cc1ccc(-c2c3nc(c(-c4ccccc4)c4ccc([nH]4)c(-c4ccccc4)c4nc(c(-c5ccccc5)c5ccc2[nH]5)C=C4)C=C3)cc1.[Cu+2].c1ccc2c(c1)-c1nc-2nc2[n-]c(nc3nc(nc4[n-]c(n1)c1ccccc41)-c1ccccc1-3)c1ccccc21. The Morgan fingerprint density at radius 2 is 0.511 bits per heavy atom. The second-order valence-corrected chi connectivity index (χ2v) is 22.1. The van der Waals surface area contributed by atoms with E-state index in [1.165, 1.54) is 5.56 Å². The molecule has 14 aromatic rings. The van der Waals surface area contributed by atoms with E-state index in [9.17, 15) is 0 Å². The first-order valence-electron chi connectivity index (χ1n) is 29.5. The molecule has 16 bridgehead atoms. The van der Waals surface area contributed by atoms with Crippen LogP contribution in [0.3, 0.4) is 0 Å². The van der Waals surface area contributed by atoms with Gasteiger partial charge in [-0.3, -0.25) is 0 Å². The van der Waals surface area contributed by atoms with Crippen LogP contribution >= 0.6 is 0 Å². The number of aryl methyl sites for hydroxylation is 1. The Balaban J connectivity index is 0.000000145. The van der Waals surface area contributed by atoms with Gasteiger partial charge in [-0.25, -0.2) is 19.9 Å². The summed E-state index contributed by atoms with van der Waals surface area (Å²) in [6, 6.07) is 80.7. The molecule has 0 saturated carbocycles. The summed E-state index contributed by atoms with van der Waals surface area (Å²) in [7, 11) is 0. The first-order chi connectivity index (χ1) is 44.0. The predicted octanol–water partition coefficient (Wildman–Crippen LogP) is 17.8. The van der Waals surface area contributed by atoms with Crippen molar-refractivity contribution in [1.82, 2.24) is 59.8 Å². The number of aromatic nitrogens is 12. The van der Waals surface area contributed by atoms with Crippen molar-refractivity contribution in [3.05, 3.63) is 265 Å². The van der Waals surface area contributed by atoms with Crippen molar-refractivity contribution >= 4 is 90.5 Å². The van der Waals surface area contributed by atoms with Gasteiger partial charge in [0.25, 0.3) is 0 Å². The van der Waals surface area contributed by atoms with Gasteiger partial charge in [0.1, 0.15) is 0 Å². The number of aromatic amines is 2. The van der Waals surface area contributed by atoms with E-state index in [0.29, 0.717) is 45.9 Å². The fourth-order valence-corrected chi connectivity index (χ4v) is 12.4. The largest absolute Gasteiger partial charge is 2.00 e. The minimum absolute atomic E-state index is 0. The van der Waals surface area contributed by atoms with Gasteiger partial charge >= 0.3 is 17.1 Å². The Labute approximate surface area is 526 Å². The second kappa shape index (κ2) is 22.2. The molecule has 0 spiro atoms. The molecule has 0 amide bonds. The molecular formula is C77H48CuN12. The zero-order valence-electron chi connectivity index (χ0n) is 48.1. The quantitative estimate of drug-likeness (QED) is 0.162. The van der Waals surface area contributed by atoms with Crippen LogP contribution < -0.4 is 9.97 Å². The Hall–Kier alpha value is -11.8. The predicted molar refractivity (Wildman–Crippen MR) is 359 cm³/mol. The van der Waals surface area contributed by atoms with E-state index in [-0.39, 0.29) is 17.1 Å². The molecule has 18 rings (SSSR count). The van der Waals surface area contributed by atoms with Crippen molar-refractivity contribution in [3.8, 4) is 90.1 Å². The molecule has 0 fully saturated rings. The number of hydrogen-bond donors (Lipinski definition) is 2. The van der Waals surface area contributed by atoms with Crippen molar-refractivity contribution < 1.29 is 17.1 Å². The van der Waals surface area contributed by atoms with Crippen LogP contribution in [0, 0.1) is 6.92 Å². The first-order valence-corrected chi connectivity index (χ1v) is 29.5. The van der Waals surface area contributed by atoms with Gasteiger partial charge in [-0.1, -0.05) is 218 Å². The van der Waals surface area contributed by atoms with Gasteiger partial charge in [0.05, 0.1) is 46.1 Å². The Bertz CT molecular complexity index is 5270. The molecule has 90 heavy (non-hydrogen) atoms. The zero-order chi connectivity index (χ0) is 58.9. The molecule has 427 valence electrons. The number of rotatable bonds is 4. The van der Waals surface area contributed by atoms with Crippen LogP contribution in [-0.2, 0) is 17.1 Å². The van der Waals surface area contributed by atoms with Crippen LogP contribution in [0.2, 0.25) is 0 Å². The molecular weight excluding hydrogens is 1160 g/mol. The van der Waals surface area contributed by atoms with Crippen LogP contribution in [0.4, 0.5) is 0 Å². The summed E-state index contributed by atoms with van der Waals surface area (Å²) >= 11 is 0. The molecule has 0 saturated heterocycles. The molecule has 4 aliphatic heterocycles. The average molecular weight is 1200 g/mol. The van der Waals surface area contributed by atoms with E-state index in [0.717, 1.165) is 133 Å². The molecule has 0 unspecified atom stereocenters. The molecule has 8 aromatic carbocycles. The van der Waals surface area contributed by atoms with Gasteiger partial charge in [0.15, 0.2) is 0 Å². The normalized spacial score (nSPS) is 11.9. The second-order valence-electron chi connectivity index (χ2n) is 22.1. The molecule has 13 heteroatoms. The van der Waals surface area contributed by atoms with E-state index in [4.69, 9.17) is 49.8 Å². The summed E-state index contributed by atoms with van der Waals surface area (Å²) < 4.78 is 0. The van der Waals surface area contributed by atoms with Gasteiger partial charge in [-0.2, -0.15) is 0 Å². The molecule has 10 heterocycles. The van der Waals surface area contributed by atoms with Crippen LogP contribution in [0.1, 0.15) is 28.3 Å². The number of hydrogen-bond acceptors (Lipinski definition) is 8. The van der Waals surface area contributed by atoms with Gasteiger partial charge in [-0.05, 0) is 99.3 Å². The van der Waals surface area contributed by atoms with Crippen molar-refractivity contribution in [3.63, 3.8) is 0 Å². The Morgan fingerprint density at radius 3 is 0.800 bits per heavy atom. The average Bonchev–Trinajstić information content (AvgIpc) is 1.81. The van der Waals surface area contributed by atoms with Gasteiger partial charge < -0.3 is 39.9 Å². The maximum Gasteiger partial charge on any atom is 2.00 e. The number of benzene rings is 8. The fourth-order valence-electron chi connectivity index (χ4n) is 12.4. The molecule has 1 radical (unpaired) electrons. The molecule has 6 aromatic heterocycles. The maximum absolute atomic E-state index is 5.37. The van der Waals surface area contributed by atoms with Crippen molar-refractivity contribution in [2.24, 2.45) is 0 Å². The number of nitrogens with zero attached hydrogens (tertiary/aromatic N) is 10. The minimum Gasteiger partial charge on any atom is -0.357 e. The van der Waals surface area contributed by atoms with Crippen LogP contribution in [0.5, 0.6) is 0 Å². The molecule has 4 aliphatic rings. The topological polar surface area (TPSA) is 163 Å². The van der Waals surface area contributed by atoms with Crippen molar-refractivity contribution in [2.45, 2.75) is 6.92 Å². The summed E-state index contributed by atoms with van der Waals surface area (Å²) in [4.78, 5) is 57.6. The zero-order valence-corrected chi connectivity index (χ0v) is 49.0. The standard InChI is InChI=1S/C45H32N4.C32H16N8.Cu/c1-29-17-19-33(20-18-29)45-40-27-25-38(48-40)43(31-13-7-3-8-14-31)36-23-21-34(46-36)42(30-11-5-2-6-12-30)35-22-24-37(47-35)44(32-15-9-4-10-16-32)39-26-28-41(45)49-39;1-2-10-18-17(9-1)25-33-26(18)38-28-21-13-5-6-14-22(21)30(35-28)40-32-24-16-8-7-15-23(24)31(36-32)39-29-20-12-4-3-11-19(20)27(34-29)37-25;/h2-28,46,49H,1H3;1-16H;/q;-2;+2. The first kappa shape index (κ1) is 53.7. The summed E-state index contributed by atoms with van der Waals surface area (Å²) in [5, 5.41) is 3.57. The van der Waals surface area contributed by atoms with Gasteiger partial charge in [-0.15, -0.1) is 0 Å². The summed E-state index contributed by atoms with van der Waals surface area (Å²) in [5.41, 5.74) is 23.2. The van der Waals surface area contributed by atoms with E-state index in [1.807, 2.05) is 97.1 Å². The summed E-state index contributed by atoms with van der Waals surface area (Å²) in [6.07, 6.45) is 8.56. The fraction of sp³-hybridized carbons (Fsp3) is 0.0130. The molecule has 0 atom stereocenters. The third kappa shape index (κ3) is 9.40. The smallest absolute Gasteiger partial charge is 0.357 e. The third-order valence-electron chi connectivity index (χ3n) is 16.6. The van der Waals surface area contributed by atoms with E-state index < -0.39 is 0 Å². The Morgan fingerprint density at radius 1 is 0.256 bits per heavy atom. The molecule has 0 aliphatic carbocycles. The van der Waals surface area contributed by atoms with Crippen LogP contribution in [0.15, 0.2) is 237 Å². The summed E-state index contributed by atoms with van der Waals surface area (Å²) in [5.74, 6) is 2.21. The van der Waals surface area contributed by atoms with E-state index >= 15 is 0 Å². The van der Waals surface area contributed by atoms with E-state index in [2.05, 4.69) is 181 Å². The maximum atomic E-state index is 5.37. The number of H-pyrrole nitrogens is 2. The van der Waals surface area contributed by atoms with Crippen LogP contribution in [-0.4, -0.2) is 49.8 Å². The monoisotopic (exact) mass is 1200 g/mol. The third-order valence-corrected chi connectivity index (χ3v) is 16.6. The minimum atomic E-state index is 0. The van der Waals surface area contributed by atoms with Gasteiger partial charge in [0.2, 0.25) is 0 Å². The van der Waals surface area contributed by atoms with E-state index in [1.54, 1.807) is 0 Å².